The van der Waals surface area contributed by atoms with Crippen LogP contribution in [-0.4, -0.2) is 15.3 Å². The lowest BCUT2D eigenvalue weighted by Gasteiger charge is -2.08. The van der Waals surface area contributed by atoms with Crippen molar-refractivity contribution in [1.82, 2.24) is 9.55 Å². The summed E-state index contributed by atoms with van der Waals surface area (Å²) in [6.07, 6.45) is 1.36. The molecule has 0 N–H and O–H groups in total. The van der Waals surface area contributed by atoms with E-state index in [1.54, 1.807) is 30.3 Å². The van der Waals surface area contributed by atoms with Crippen molar-refractivity contribution < 1.29 is 4.79 Å². The maximum atomic E-state index is 12.5. The summed E-state index contributed by atoms with van der Waals surface area (Å²) in [6.45, 7) is -0.143. The third-order valence-electron chi connectivity index (χ3n) is 3.33. The number of halogens is 3. The quantitative estimate of drug-likeness (QED) is 0.602. The molecule has 0 aliphatic heterocycles. The van der Waals surface area contributed by atoms with E-state index in [4.69, 9.17) is 23.2 Å². The lowest BCUT2D eigenvalue weighted by atomic mass is 10.1. The average molecular weight is 412 g/mol. The van der Waals surface area contributed by atoms with Gasteiger partial charge in [0.05, 0.1) is 28.8 Å². The summed E-state index contributed by atoms with van der Waals surface area (Å²) in [5, 5.41) is 1.14. The van der Waals surface area contributed by atoms with E-state index in [1.165, 1.54) is 17.0 Å². The zero-order valence-corrected chi connectivity index (χ0v) is 14.7. The van der Waals surface area contributed by atoms with Crippen LogP contribution < -0.4 is 5.56 Å². The van der Waals surface area contributed by atoms with Crippen molar-refractivity contribution in [3.8, 4) is 0 Å². The molecule has 0 radical (unpaired) electrons. The van der Waals surface area contributed by atoms with E-state index in [1.807, 2.05) is 0 Å². The Kier molecular flexibility index (Phi) is 4.53. The molecule has 7 heteroatoms. The second-order valence-electron chi connectivity index (χ2n) is 4.89. The minimum absolute atomic E-state index is 0.143. The van der Waals surface area contributed by atoms with Crippen LogP contribution in [0.1, 0.15) is 10.4 Å². The Morgan fingerprint density at radius 3 is 2.70 bits per heavy atom. The third kappa shape index (κ3) is 3.32. The van der Waals surface area contributed by atoms with Crippen molar-refractivity contribution in [2.24, 2.45) is 0 Å². The van der Waals surface area contributed by atoms with Crippen LogP contribution in [0.15, 0.2) is 52.0 Å². The number of hydrogen-bond donors (Lipinski definition) is 0. The first-order valence-corrected chi connectivity index (χ1v) is 8.13. The molecule has 0 aliphatic carbocycles. The maximum Gasteiger partial charge on any atom is 0.261 e. The van der Waals surface area contributed by atoms with Gasteiger partial charge in [-0.3, -0.25) is 14.2 Å². The Morgan fingerprint density at radius 1 is 1.17 bits per heavy atom. The first kappa shape index (κ1) is 16.2. The van der Waals surface area contributed by atoms with Gasteiger partial charge in [0, 0.05) is 15.1 Å². The van der Waals surface area contributed by atoms with E-state index in [0.717, 1.165) is 4.47 Å². The number of ketones is 1. The molecule has 1 aromatic heterocycles. The van der Waals surface area contributed by atoms with Gasteiger partial charge in [-0.25, -0.2) is 4.98 Å². The SMILES string of the molecule is O=C(Cn1cnc2ccc(Br)cc2c1=O)c1ccc(Cl)cc1Cl. The molecule has 2 aromatic carbocycles. The summed E-state index contributed by atoms with van der Waals surface area (Å²) in [7, 11) is 0. The number of nitrogens with zero attached hydrogens (tertiary/aromatic N) is 2. The number of aromatic nitrogens is 2. The van der Waals surface area contributed by atoms with Gasteiger partial charge in [0.25, 0.3) is 5.56 Å². The van der Waals surface area contributed by atoms with Crippen molar-refractivity contribution in [1.29, 1.82) is 0 Å². The van der Waals surface area contributed by atoms with E-state index >= 15 is 0 Å². The van der Waals surface area contributed by atoms with Gasteiger partial charge in [-0.15, -0.1) is 0 Å². The van der Waals surface area contributed by atoms with E-state index in [2.05, 4.69) is 20.9 Å². The van der Waals surface area contributed by atoms with E-state index in [0.29, 0.717) is 21.5 Å². The van der Waals surface area contributed by atoms with Gasteiger partial charge in [0.15, 0.2) is 5.78 Å². The van der Waals surface area contributed by atoms with Gasteiger partial charge >= 0.3 is 0 Å². The van der Waals surface area contributed by atoms with Crippen LogP contribution in [0.4, 0.5) is 0 Å². The van der Waals surface area contributed by atoms with Crippen LogP contribution in [0.3, 0.4) is 0 Å². The van der Waals surface area contributed by atoms with Crippen LogP contribution >= 0.6 is 39.1 Å². The summed E-state index contributed by atoms with van der Waals surface area (Å²) >= 11 is 15.2. The first-order valence-electron chi connectivity index (χ1n) is 6.58. The van der Waals surface area contributed by atoms with E-state index in [-0.39, 0.29) is 22.9 Å². The van der Waals surface area contributed by atoms with Crippen LogP contribution in [0.5, 0.6) is 0 Å². The second-order valence-corrected chi connectivity index (χ2v) is 6.65. The first-order chi connectivity index (χ1) is 11.0. The molecule has 0 fully saturated rings. The van der Waals surface area contributed by atoms with Gasteiger partial charge in [-0.2, -0.15) is 0 Å². The smallest absolute Gasteiger partial charge is 0.261 e. The zero-order chi connectivity index (χ0) is 16.6. The standard InChI is InChI=1S/C16H9BrCl2N2O2/c17-9-1-4-14-12(5-9)16(23)21(8-20-14)7-15(22)11-3-2-10(18)6-13(11)19/h1-6,8H,7H2. The predicted molar refractivity (Wildman–Crippen MR) is 94.5 cm³/mol. The number of benzene rings is 2. The number of fused-ring (bicyclic) bond motifs is 1. The molecule has 3 rings (SSSR count). The summed E-state index contributed by atoms with van der Waals surface area (Å²) in [5.74, 6) is -0.287. The van der Waals surface area contributed by atoms with Crippen molar-refractivity contribution in [2.45, 2.75) is 6.54 Å². The molecular weight excluding hydrogens is 403 g/mol. The van der Waals surface area contributed by atoms with Crippen molar-refractivity contribution in [3.05, 3.63) is 73.2 Å². The highest BCUT2D eigenvalue weighted by Crippen LogP contribution is 2.22. The monoisotopic (exact) mass is 410 g/mol. The number of hydrogen-bond acceptors (Lipinski definition) is 3. The summed E-state index contributed by atoms with van der Waals surface area (Å²) in [5.41, 5.74) is 0.610. The number of Topliss-reactive ketones (excluding diaryl/α,β-unsaturated/α-hetero) is 1. The van der Waals surface area contributed by atoms with E-state index in [9.17, 15) is 9.59 Å². The number of carbonyl (C=O) groups excluding carboxylic acids is 1. The normalized spacial score (nSPS) is 10.9. The lowest BCUT2D eigenvalue weighted by Crippen LogP contribution is -2.24. The molecule has 0 spiro atoms. The maximum absolute atomic E-state index is 12.5. The molecule has 4 nitrogen and oxygen atoms in total. The molecule has 0 amide bonds. The fourth-order valence-corrected chi connectivity index (χ4v) is 3.07. The lowest BCUT2D eigenvalue weighted by molar-refractivity contribution is 0.0971. The van der Waals surface area contributed by atoms with Gasteiger partial charge in [-0.1, -0.05) is 39.1 Å². The summed E-state index contributed by atoms with van der Waals surface area (Å²) in [6, 6.07) is 9.85. The van der Waals surface area contributed by atoms with Crippen LogP contribution in [0.2, 0.25) is 10.0 Å². The van der Waals surface area contributed by atoms with Crippen molar-refractivity contribution in [2.75, 3.05) is 0 Å². The van der Waals surface area contributed by atoms with Crippen molar-refractivity contribution in [3.63, 3.8) is 0 Å². The number of rotatable bonds is 3. The Labute approximate surface area is 149 Å². The van der Waals surface area contributed by atoms with Gasteiger partial charge in [0.2, 0.25) is 0 Å². The molecule has 1 heterocycles. The van der Waals surface area contributed by atoms with E-state index < -0.39 is 0 Å². The van der Waals surface area contributed by atoms with Crippen LogP contribution in [0, 0.1) is 0 Å². The van der Waals surface area contributed by atoms with Crippen LogP contribution in [0.25, 0.3) is 10.9 Å². The Bertz CT molecular complexity index is 985. The highest BCUT2D eigenvalue weighted by atomic mass is 79.9. The summed E-state index contributed by atoms with van der Waals surface area (Å²) < 4.78 is 2.04. The van der Waals surface area contributed by atoms with Gasteiger partial charge in [0.1, 0.15) is 0 Å². The summed E-state index contributed by atoms with van der Waals surface area (Å²) in [4.78, 5) is 29.1. The molecule has 0 saturated heterocycles. The molecular formula is C16H9BrCl2N2O2. The Balaban J connectivity index is 1.99. The molecule has 0 bridgehead atoms. The highest BCUT2D eigenvalue weighted by Gasteiger charge is 2.13. The predicted octanol–water partition coefficient (Wildman–Crippen LogP) is 4.35. The van der Waals surface area contributed by atoms with Crippen LogP contribution in [-0.2, 0) is 6.54 Å². The highest BCUT2D eigenvalue weighted by molar-refractivity contribution is 9.10. The fourth-order valence-electron chi connectivity index (χ4n) is 2.20. The number of carbonyl (C=O) groups is 1. The minimum Gasteiger partial charge on any atom is -0.292 e. The molecule has 116 valence electrons. The second kappa shape index (κ2) is 6.43. The largest absolute Gasteiger partial charge is 0.292 e. The Hall–Kier alpha value is -1.69. The molecule has 3 aromatic rings. The molecule has 0 saturated carbocycles. The van der Waals surface area contributed by atoms with Gasteiger partial charge < -0.3 is 0 Å². The Morgan fingerprint density at radius 2 is 1.96 bits per heavy atom. The fraction of sp³-hybridized carbons (Fsp3) is 0.0625. The zero-order valence-electron chi connectivity index (χ0n) is 11.6. The minimum atomic E-state index is -0.287. The topological polar surface area (TPSA) is 52.0 Å². The molecule has 23 heavy (non-hydrogen) atoms. The molecule has 0 atom stereocenters. The van der Waals surface area contributed by atoms with Crippen molar-refractivity contribution >= 4 is 55.8 Å². The van der Waals surface area contributed by atoms with Gasteiger partial charge in [-0.05, 0) is 36.4 Å². The third-order valence-corrected chi connectivity index (χ3v) is 4.37. The molecule has 0 unspecified atom stereocenters. The average Bonchev–Trinajstić information content (AvgIpc) is 2.50. The molecule has 0 aliphatic rings.